The summed E-state index contributed by atoms with van der Waals surface area (Å²) in [5.41, 5.74) is 15.6. The van der Waals surface area contributed by atoms with E-state index in [1.807, 2.05) is 35.6 Å². The first kappa shape index (κ1) is 41.8. The van der Waals surface area contributed by atoms with Crippen molar-refractivity contribution in [2.75, 3.05) is 9.80 Å². The van der Waals surface area contributed by atoms with Crippen molar-refractivity contribution >= 4 is 158 Å². The molecule has 2 aliphatic rings. The average Bonchev–Trinajstić information content (AvgIpc) is 3.99. The first-order valence-corrected chi connectivity index (χ1v) is 27.7. The van der Waals surface area contributed by atoms with E-state index in [2.05, 4.69) is 221 Å². The molecule has 71 heavy (non-hydrogen) atoms. The molecule has 0 aliphatic carbocycles. The maximum atomic E-state index is 9.86. The molecule has 12 aromatic rings. The zero-order chi connectivity index (χ0) is 47.2. The Morgan fingerprint density at radius 1 is 0.437 bits per heavy atom. The number of nitriles is 2. The molecule has 0 saturated carbocycles. The molecule has 0 spiro atoms. The van der Waals surface area contributed by atoms with Crippen molar-refractivity contribution in [3.8, 4) is 17.8 Å². The molecule has 0 amide bonds. The molecule has 0 fully saturated rings. The molecule has 2 aromatic heterocycles. The van der Waals surface area contributed by atoms with E-state index >= 15 is 0 Å². The fourth-order valence-electron chi connectivity index (χ4n) is 10.9. The van der Waals surface area contributed by atoms with Crippen molar-refractivity contribution in [3.05, 3.63) is 230 Å². The van der Waals surface area contributed by atoms with E-state index in [-0.39, 0.29) is 36.6 Å². The molecule has 0 N–H and O–H groups in total. The second kappa shape index (κ2) is 16.8. The van der Waals surface area contributed by atoms with Crippen LogP contribution in [0, 0.1) is 22.7 Å². The maximum absolute atomic E-state index is 9.86. The SMILES string of the molecule is N#Cc1ccc(N(c2ccccc2)c2ccc3c(c2)[Se]c2cc(-n4c5ccccc5c5ccccc54)cc4c2B3c2c(cc(N(c3ccccc3)c3ccc(C#N)cc3)c3c2sc2ccccc23)[Se]4)cc1. The predicted molar refractivity (Wildman–Crippen MR) is 300 cm³/mol. The van der Waals surface area contributed by atoms with Crippen molar-refractivity contribution in [1.29, 1.82) is 10.5 Å². The summed E-state index contributed by atoms with van der Waals surface area (Å²) in [6.07, 6.45) is 0. The molecule has 4 heterocycles. The first-order valence-electron chi connectivity index (χ1n) is 23.5. The van der Waals surface area contributed by atoms with Crippen LogP contribution in [-0.2, 0) is 0 Å². The number of aromatic nitrogens is 1. The average molecular weight is 1050 g/mol. The van der Waals surface area contributed by atoms with Gasteiger partial charge in [-0.2, -0.15) is 0 Å². The quantitative estimate of drug-likeness (QED) is 0.149. The van der Waals surface area contributed by atoms with Crippen LogP contribution >= 0.6 is 11.3 Å². The summed E-state index contributed by atoms with van der Waals surface area (Å²) in [5.74, 6) is 0. The molecule has 330 valence electrons. The molecule has 0 atom stereocenters. The van der Waals surface area contributed by atoms with E-state index in [0.717, 1.165) is 34.1 Å². The van der Waals surface area contributed by atoms with Crippen LogP contribution < -0.4 is 44.0 Å². The molecule has 0 bridgehead atoms. The molecule has 2 aliphatic heterocycles. The molecule has 5 nitrogen and oxygen atoms in total. The molecule has 9 heteroatoms. The van der Waals surface area contributed by atoms with Gasteiger partial charge in [0.1, 0.15) is 0 Å². The Hall–Kier alpha value is -8.10. The third-order valence-electron chi connectivity index (χ3n) is 13.9. The van der Waals surface area contributed by atoms with E-state index in [1.165, 1.54) is 81.9 Å². The molecule has 0 radical (unpaired) electrons. The number of thiophene rings is 1. The van der Waals surface area contributed by atoms with Crippen LogP contribution in [0.1, 0.15) is 11.1 Å². The zero-order valence-corrected chi connectivity index (χ0v) is 42.1. The molecule has 10 aromatic carbocycles. The summed E-state index contributed by atoms with van der Waals surface area (Å²) >= 11 is 1.84. The van der Waals surface area contributed by atoms with Gasteiger partial charge in [0.15, 0.2) is 0 Å². The Morgan fingerprint density at radius 2 is 0.930 bits per heavy atom. The number of benzene rings is 10. The van der Waals surface area contributed by atoms with Crippen molar-refractivity contribution in [3.63, 3.8) is 0 Å². The van der Waals surface area contributed by atoms with E-state index in [1.54, 1.807) is 0 Å². The Bertz CT molecular complexity index is 4140. The van der Waals surface area contributed by atoms with Crippen molar-refractivity contribution < 1.29 is 0 Å². The van der Waals surface area contributed by atoms with Gasteiger partial charge in [-0.1, -0.05) is 0 Å². The van der Waals surface area contributed by atoms with Crippen molar-refractivity contribution in [1.82, 2.24) is 4.57 Å². The Labute approximate surface area is 427 Å². The van der Waals surface area contributed by atoms with Gasteiger partial charge in [-0.3, -0.25) is 0 Å². The molecular formula is C62H36BN5SSe2. The normalized spacial score (nSPS) is 12.3. The number of nitrogens with zero attached hydrogens (tertiary/aromatic N) is 5. The summed E-state index contributed by atoms with van der Waals surface area (Å²) in [6.45, 7) is 0.0160. The first-order chi connectivity index (χ1) is 35.1. The number of rotatable bonds is 7. The summed E-state index contributed by atoms with van der Waals surface area (Å²) in [5, 5.41) is 24.6. The minimum absolute atomic E-state index is 0.0160. The van der Waals surface area contributed by atoms with Gasteiger partial charge in [0.25, 0.3) is 0 Å². The summed E-state index contributed by atoms with van der Waals surface area (Å²) in [6, 6.07) is 83.2. The number of anilines is 6. The van der Waals surface area contributed by atoms with Crippen LogP contribution in [0.4, 0.5) is 34.1 Å². The molecule has 14 rings (SSSR count). The zero-order valence-electron chi connectivity index (χ0n) is 37.8. The van der Waals surface area contributed by atoms with Gasteiger partial charge in [-0.15, -0.1) is 0 Å². The van der Waals surface area contributed by atoms with E-state index in [9.17, 15) is 10.5 Å². The third kappa shape index (κ3) is 6.71. The van der Waals surface area contributed by atoms with Gasteiger partial charge in [0, 0.05) is 0 Å². The second-order valence-corrected chi connectivity index (χ2v) is 23.5. The number of hydrogen-bond acceptors (Lipinski definition) is 5. The molecule has 0 unspecified atom stereocenters. The predicted octanol–water partition coefficient (Wildman–Crippen LogP) is 10.3. The number of para-hydroxylation sites is 4. The third-order valence-corrected chi connectivity index (χ3v) is 19.8. The van der Waals surface area contributed by atoms with Crippen LogP contribution in [0.5, 0.6) is 0 Å². The van der Waals surface area contributed by atoms with Gasteiger partial charge < -0.3 is 0 Å². The monoisotopic (exact) mass is 1050 g/mol. The van der Waals surface area contributed by atoms with Crippen LogP contribution in [0.2, 0.25) is 0 Å². The van der Waals surface area contributed by atoms with Gasteiger partial charge in [0.2, 0.25) is 0 Å². The fraction of sp³-hybridized carbons (Fsp3) is 0. The van der Waals surface area contributed by atoms with Crippen molar-refractivity contribution in [2.45, 2.75) is 0 Å². The van der Waals surface area contributed by atoms with Crippen LogP contribution in [0.3, 0.4) is 0 Å². The summed E-state index contributed by atoms with van der Waals surface area (Å²) in [4.78, 5) is 4.72. The van der Waals surface area contributed by atoms with Gasteiger partial charge in [-0.05, 0) is 0 Å². The topological polar surface area (TPSA) is 59.0 Å². The van der Waals surface area contributed by atoms with E-state index in [0.29, 0.717) is 11.1 Å². The summed E-state index contributed by atoms with van der Waals surface area (Å²) < 4.78 is 10.7. The second-order valence-electron chi connectivity index (χ2n) is 17.9. The number of hydrogen-bond donors (Lipinski definition) is 0. The van der Waals surface area contributed by atoms with Gasteiger partial charge >= 0.3 is 431 Å². The Morgan fingerprint density at radius 3 is 1.55 bits per heavy atom. The van der Waals surface area contributed by atoms with E-state index < -0.39 is 0 Å². The summed E-state index contributed by atoms with van der Waals surface area (Å²) in [7, 11) is 0. The Kier molecular flexibility index (Phi) is 9.90. The number of fused-ring (bicyclic) bond motifs is 11. The van der Waals surface area contributed by atoms with Crippen LogP contribution in [-0.4, -0.2) is 41.2 Å². The fourth-order valence-corrected chi connectivity index (χ4v) is 17.9. The van der Waals surface area contributed by atoms with E-state index in [4.69, 9.17) is 0 Å². The van der Waals surface area contributed by atoms with Gasteiger partial charge in [-0.25, -0.2) is 0 Å². The van der Waals surface area contributed by atoms with Crippen LogP contribution in [0.15, 0.2) is 218 Å². The van der Waals surface area contributed by atoms with Crippen LogP contribution in [0.25, 0.3) is 47.7 Å². The minimum atomic E-state index is -0.0515. The standard InChI is InChI=1S/C62H36BN5SSe2/c64-37-39-23-27-43(28-24-39)66(41-13-3-1-4-14-41)45-31-32-50-55(33-45)70-56-34-46(68-51-20-10-7-17-47(51)48-18-8-11-21-52(48)68)35-57-60(56)63(50)61-58(71-57)36-53(59-49-19-9-12-22-54(49)69-62(59)61)67(42-15-5-2-6-16-42)44-29-25-40(38-65)26-30-44/h1-36H. The Balaban J connectivity index is 1.05. The van der Waals surface area contributed by atoms with Gasteiger partial charge in [0.05, 0.1) is 0 Å². The van der Waals surface area contributed by atoms with Crippen molar-refractivity contribution in [2.24, 2.45) is 0 Å². The molecule has 0 saturated heterocycles. The molecular weight excluding hydrogens is 1020 g/mol.